The lowest BCUT2D eigenvalue weighted by Gasteiger charge is -2.31. The van der Waals surface area contributed by atoms with Gasteiger partial charge in [-0.15, -0.1) is 0 Å². The zero-order valence-corrected chi connectivity index (χ0v) is 12.9. The average molecular weight is 313 g/mol. The van der Waals surface area contributed by atoms with E-state index in [1.807, 2.05) is 6.92 Å². The van der Waals surface area contributed by atoms with Gasteiger partial charge in [0.1, 0.15) is 5.75 Å². The van der Waals surface area contributed by atoms with E-state index in [4.69, 9.17) is 9.47 Å². The Balaban J connectivity index is 1.95. The molecule has 1 atom stereocenters. The average Bonchev–Trinajstić information content (AvgIpc) is 2.44. The van der Waals surface area contributed by atoms with E-state index in [1.54, 1.807) is 17.0 Å². The molecule has 7 heteroatoms. The van der Waals surface area contributed by atoms with Crippen molar-refractivity contribution in [2.75, 3.05) is 32.6 Å². The van der Waals surface area contributed by atoms with Crippen molar-refractivity contribution in [1.82, 2.24) is 4.90 Å². The van der Waals surface area contributed by atoms with Crippen LogP contribution >= 0.6 is 0 Å². The molecule has 0 N–H and O–H groups in total. The van der Waals surface area contributed by atoms with Crippen LogP contribution in [0.25, 0.3) is 0 Å². The molecule has 1 fully saturated rings. The number of hydrogen-bond donors (Lipinski definition) is 0. The third-order valence-electron chi connectivity index (χ3n) is 3.19. The first kappa shape index (κ1) is 15.8. The number of nitrogens with zero attached hydrogens (tertiary/aromatic N) is 1. The van der Waals surface area contributed by atoms with Gasteiger partial charge in [0.05, 0.1) is 17.6 Å². The van der Waals surface area contributed by atoms with Gasteiger partial charge < -0.3 is 14.4 Å². The predicted molar refractivity (Wildman–Crippen MR) is 77.0 cm³/mol. The predicted octanol–water partition coefficient (Wildman–Crippen LogP) is 0.716. The molecule has 6 nitrogen and oxygen atoms in total. The number of morpholine rings is 1. The number of benzene rings is 1. The molecule has 1 saturated heterocycles. The minimum absolute atomic E-state index is 0.0243. The second kappa shape index (κ2) is 6.44. The van der Waals surface area contributed by atoms with Crippen LogP contribution in [0, 0.1) is 0 Å². The molecule has 116 valence electrons. The Labute approximate surface area is 124 Å². The van der Waals surface area contributed by atoms with Gasteiger partial charge in [-0.3, -0.25) is 4.79 Å². The molecule has 1 aromatic rings. The third-order valence-corrected chi connectivity index (χ3v) is 4.30. The molecule has 1 aliphatic heterocycles. The Morgan fingerprint density at radius 2 is 2.24 bits per heavy atom. The van der Waals surface area contributed by atoms with Crippen molar-refractivity contribution in [3.8, 4) is 5.75 Å². The summed E-state index contributed by atoms with van der Waals surface area (Å²) in [4.78, 5) is 13.9. The molecule has 0 unspecified atom stereocenters. The number of hydrogen-bond acceptors (Lipinski definition) is 5. The van der Waals surface area contributed by atoms with Crippen LogP contribution in [0.3, 0.4) is 0 Å². The fraction of sp³-hybridized carbons (Fsp3) is 0.500. The van der Waals surface area contributed by atoms with Gasteiger partial charge in [-0.05, 0) is 25.1 Å². The first-order chi connectivity index (χ1) is 9.86. The summed E-state index contributed by atoms with van der Waals surface area (Å²) in [6.45, 7) is 3.42. The SMILES string of the molecule is C[C@H]1CN(C(=O)COc2cccc(S(C)(=O)=O)c2)CCO1. The summed E-state index contributed by atoms with van der Waals surface area (Å²) >= 11 is 0. The van der Waals surface area contributed by atoms with Crippen molar-refractivity contribution in [2.24, 2.45) is 0 Å². The van der Waals surface area contributed by atoms with Gasteiger partial charge >= 0.3 is 0 Å². The number of carbonyl (C=O) groups is 1. The van der Waals surface area contributed by atoms with Crippen LogP contribution < -0.4 is 4.74 Å². The first-order valence-corrected chi connectivity index (χ1v) is 8.57. The fourth-order valence-corrected chi connectivity index (χ4v) is 2.73. The summed E-state index contributed by atoms with van der Waals surface area (Å²) in [5, 5.41) is 0. The highest BCUT2D eigenvalue weighted by Gasteiger charge is 2.21. The highest BCUT2D eigenvalue weighted by atomic mass is 32.2. The van der Waals surface area contributed by atoms with Gasteiger partial charge in [0.25, 0.3) is 5.91 Å². The Morgan fingerprint density at radius 1 is 1.48 bits per heavy atom. The molecule has 0 spiro atoms. The van der Waals surface area contributed by atoms with Crippen molar-refractivity contribution < 1.29 is 22.7 Å². The molecule has 1 heterocycles. The first-order valence-electron chi connectivity index (χ1n) is 6.68. The molecular formula is C14H19NO5S. The lowest BCUT2D eigenvalue weighted by atomic mass is 10.3. The summed E-state index contributed by atoms with van der Waals surface area (Å²) in [6, 6.07) is 6.13. The van der Waals surface area contributed by atoms with Gasteiger partial charge in [-0.25, -0.2) is 8.42 Å². The molecule has 0 bridgehead atoms. The molecule has 0 radical (unpaired) electrons. The Kier molecular flexibility index (Phi) is 4.84. The smallest absolute Gasteiger partial charge is 0.260 e. The van der Waals surface area contributed by atoms with Crippen molar-refractivity contribution >= 4 is 15.7 Å². The fourth-order valence-electron chi connectivity index (χ4n) is 2.08. The van der Waals surface area contributed by atoms with Crippen LogP contribution in [-0.4, -0.2) is 57.9 Å². The zero-order chi connectivity index (χ0) is 15.5. The molecule has 0 aromatic heterocycles. The van der Waals surface area contributed by atoms with E-state index in [1.165, 1.54) is 12.1 Å². The lowest BCUT2D eigenvalue weighted by Crippen LogP contribution is -2.46. The molecule has 1 aliphatic rings. The van der Waals surface area contributed by atoms with E-state index >= 15 is 0 Å². The van der Waals surface area contributed by atoms with E-state index in [2.05, 4.69) is 0 Å². The van der Waals surface area contributed by atoms with Crippen molar-refractivity contribution in [3.63, 3.8) is 0 Å². The molecule has 1 aromatic carbocycles. The highest BCUT2D eigenvalue weighted by Crippen LogP contribution is 2.17. The Morgan fingerprint density at radius 3 is 2.90 bits per heavy atom. The van der Waals surface area contributed by atoms with E-state index in [0.717, 1.165) is 6.26 Å². The topological polar surface area (TPSA) is 72.9 Å². The molecule has 2 rings (SSSR count). The van der Waals surface area contributed by atoms with E-state index in [0.29, 0.717) is 25.4 Å². The van der Waals surface area contributed by atoms with Gasteiger partial charge in [-0.2, -0.15) is 0 Å². The van der Waals surface area contributed by atoms with Crippen LogP contribution in [0.4, 0.5) is 0 Å². The minimum Gasteiger partial charge on any atom is -0.484 e. The van der Waals surface area contributed by atoms with Crippen LogP contribution in [0.5, 0.6) is 5.75 Å². The lowest BCUT2D eigenvalue weighted by molar-refractivity contribution is -0.140. The highest BCUT2D eigenvalue weighted by molar-refractivity contribution is 7.90. The maximum atomic E-state index is 12.0. The maximum absolute atomic E-state index is 12.0. The monoisotopic (exact) mass is 313 g/mol. The van der Waals surface area contributed by atoms with Gasteiger partial charge in [0, 0.05) is 19.3 Å². The van der Waals surface area contributed by atoms with Crippen molar-refractivity contribution in [1.29, 1.82) is 0 Å². The molecular weight excluding hydrogens is 294 g/mol. The molecule has 21 heavy (non-hydrogen) atoms. The van der Waals surface area contributed by atoms with Crippen molar-refractivity contribution in [2.45, 2.75) is 17.9 Å². The number of rotatable bonds is 4. The van der Waals surface area contributed by atoms with E-state index in [-0.39, 0.29) is 23.5 Å². The number of carbonyl (C=O) groups excluding carboxylic acids is 1. The van der Waals surface area contributed by atoms with Crippen LogP contribution in [0.15, 0.2) is 29.2 Å². The molecule has 1 amide bonds. The van der Waals surface area contributed by atoms with Crippen LogP contribution in [0.2, 0.25) is 0 Å². The summed E-state index contributed by atoms with van der Waals surface area (Å²) in [5.74, 6) is 0.238. The van der Waals surface area contributed by atoms with Crippen LogP contribution in [0.1, 0.15) is 6.92 Å². The Bertz CT molecular complexity index is 614. The van der Waals surface area contributed by atoms with Crippen molar-refractivity contribution in [3.05, 3.63) is 24.3 Å². The Hall–Kier alpha value is -1.60. The largest absolute Gasteiger partial charge is 0.484 e. The normalized spacial score (nSPS) is 19.3. The van der Waals surface area contributed by atoms with E-state index < -0.39 is 9.84 Å². The third kappa shape index (κ3) is 4.44. The zero-order valence-electron chi connectivity index (χ0n) is 12.1. The summed E-state index contributed by atoms with van der Waals surface area (Å²) in [6.07, 6.45) is 1.16. The second-order valence-electron chi connectivity index (χ2n) is 5.06. The van der Waals surface area contributed by atoms with Gasteiger partial charge in [0.2, 0.25) is 0 Å². The quantitative estimate of drug-likeness (QED) is 0.819. The van der Waals surface area contributed by atoms with Crippen LogP contribution in [-0.2, 0) is 19.4 Å². The standard InChI is InChI=1S/C14H19NO5S/c1-11-9-15(6-7-19-11)14(16)10-20-12-4-3-5-13(8-12)21(2,17)18/h3-5,8,11H,6-7,9-10H2,1-2H3/t11-/m0/s1. The van der Waals surface area contributed by atoms with Gasteiger partial charge in [-0.1, -0.05) is 6.07 Å². The minimum atomic E-state index is -3.28. The van der Waals surface area contributed by atoms with E-state index in [9.17, 15) is 13.2 Å². The number of amides is 1. The number of sulfone groups is 1. The molecule has 0 aliphatic carbocycles. The molecule has 0 saturated carbocycles. The number of ether oxygens (including phenoxy) is 2. The second-order valence-corrected chi connectivity index (χ2v) is 7.07. The summed E-state index contributed by atoms with van der Waals surface area (Å²) in [5.41, 5.74) is 0. The maximum Gasteiger partial charge on any atom is 0.260 e. The van der Waals surface area contributed by atoms with Gasteiger partial charge in [0.15, 0.2) is 16.4 Å². The summed E-state index contributed by atoms with van der Waals surface area (Å²) in [7, 11) is -3.28. The summed E-state index contributed by atoms with van der Waals surface area (Å²) < 4.78 is 33.7.